The maximum atomic E-state index is 13.2. The molecule has 34 heavy (non-hydrogen) atoms. The quantitative estimate of drug-likeness (QED) is 0.519. The SMILES string of the molecule is Cc1ccc(C(=O)N2CCC(c3ccc(C#N)cc3)CC2)cc1NS(=O)(=O)c1ccc(Cl)cc1. The van der Waals surface area contributed by atoms with Crippen LogP contribution in [0.5, 0.6) is 0 Å². The van der Waals surface area contributed by atoms with Gasteiger partial charge in [0, 0.05) is 23.7 Å². The number of halogens is 1. The Labute approximate surface area is 204 Å². The van der Waals surface area contributed by atoms with E-state index >= 15 is 0 Å². The molecule has 8 heteroatoms. The molecule has 1 aliphatic heterocycles. The molecule has 0 unspecified atom stereocenters. The highest BCUT2D eigenvalue weighted by molar-refractivity contribution is 7.92. The van der Waals surface area contributed by atoms with Crippen molar-refractivity contribution in [2.75, 3.05) is 17.8 Å². The highest BCUT2D eigenvalue weighted by atomic mass is 35.5. The average Bonchev–Trinajstić information content (AvgIpc) is 2.85. The highest BCUT2D eigenvalue weighted by Crippen LogP contribution is 2.30. The molecule has 0 bridgehead atoms. The summed E-state index contributed by atoms with van der Waals surface area (Å²) in [4.78, 5) is 15.1. The third-order valence-electron chi connectivity index (χ3n) is 6.15. The summed E-state index contributed by atoms with van der Waals surface area (Å²) in [6.07, 6.45) is 1.67. The first kappa shape index (κ1) is 23.8. The molecule has 1 heterocycles. The van der Waals surface area contributed by atoms with Crippen molar-refractivity contribution in [3.8, 4) is 6.07 Å². The zero-order valence-corrected chi connectivity index (χ0v) is 20.2. The van der Waals surface area contributed by atoms with Crippen LogP contribution in [0.1, 0.15) is 45.8 Å². The maximum Gasteiger partial charge on any atom is 0.261 e. The number of nitrogens with one attached hydrogen (secondary N) is 1. The number of amides is 1. The van der Waals surface area contributed by atoms with E-state index in [-0.39, 0.29) is 10.8 Å². The Kier molecular flexibility index (Phi) is 6.92. The van der Waals surface area contributed by atoms with E-state index < -0.39 is 10.0 Å². The molecule has 0 aliphatic carbocycles. The zero-order chi connectivity index (χ0) is 24.3. The Balaban J connectivity index is 1.45. The van der Waals surface area contributed by atoms with Gasteiger partial charge in [0.2, 0.25) is 0 Å². The van der Waals surface area contributed by atoms with Gasteiger partial charge in [0.25, 0.3) is 15.9 Å². The Morgan fingerprint density at radius 3 is 2.29 bits per heavy atom. The number of hydrogen-bond acceptors (Lipinski definition) is 4. The van der Waals surface area contributed by atoms with Gasteiger partial charge in [-0.05, 0) is 85.3 Å². The largest absolute Gasteiger partial charge is 0.339 e. The molecule has 6 nitrogen and oxygen atoms in total. The molecule has 1 aliphatic rings. The van der Waals surface area contributed by atoms with Gasteiger partial charge in [-0.25, -0.2) is 8.42 Å². The predicted molar refractivity (Wildman–Crippen MR) is 132 cm³/mol. The fourth-order valence-corrected chi connectivity index (χ4v) is 5.36. The number of likely N-dealkylation sites (tertiary alicyclic amines) is 1. The molecule has 0 radical (unpaired) electrons. The van der Waals surface area contributed by atoms with Gasteiger partial charge in [0.15, 0.2) is 0 Å². The van der Waals surface area contributed by atoms with Gasteiger partial charge in [-0.2, -0.15) is 5.26 Å². The molecular formula is C26H24ClN3O3S. The number of carbonyl (C=O) groups is 1. The molecule has 174 valence electrons. The molecule has 1 amide bonds. The van der Waals surface area contributed by atoms with E-state index in [1.165, 1.54) is 29.8 Å². The summed E-state index contributed by atoms with van der Waals surface area (Å²) in [5, 5.41) is 9.42. The van der Waals surface area contributed by atoms with E-state index in [0.717, 1.165) is 12.8 Å². The summed E-state index contributed by atoms with van der Waals surface area (Å²) in [7, 11) is -3.82. The highest BCUT2D eigenvalue weighted by Gasteiger charge is 2.25. The van der Waals surface area contributed by atoms with Gasteiger partial charge < -0.3 is 4.90 Å². The number of hydrogen-bond donors (Lipinski definition) is 1. The van der Waals surface area contributed by atoms with Gasteiger partial charge in [-0.1, -0.05) is 29.8 Å². The van der Waals surface area contributed by atoms with E-state index in [4.69, 9.17) is 16.9 Å². The lowest BCUT2D eigenvalue weighted by Gasteiger charge is -2.32. The summed E-state index contributed by atoms with van der Waals surface area (Å²) < 4.78 is 28.2. The van der Waals surface area contributed by atoms with E-state index in [1.54, 1.807) is 25.1 Å². The van der Waals surface area contributed by atoms with Crippen LogP contribution in [-0.2, 0) is 10.0 Å². The van der Waals surface area contributed by atoms with Crippen molar-refractivity contribution in [3.05, 3.63) is 94.0 Å². The summed E-state index contributed by atoms with van der Waals surface area (Å²) in [5.41, 5.74) is 3.34. The van der Waals surface area contributed by atoms with Crippen molar-refractivity contribution in [2.45, 2.75) is 30.6 Å². The number of anilines is 1. The Bertz CT molecular complexity index is 1340. The minimum absolute atomic E-state index is 0.0953. The molecule has 0 spiro atoms. The smallest absolute Gasteiger partial charge is 0.261 e. The Hall–Kier alpha value is -3.34. The van der Waals surface area contributed by atoms with Gasteiger partial charge in [-0.15, -0.1) is 0 Å². The Morgan fingerprint density at radius 1 is 1.03 bits per heavy atom. The first-order chi connectivity index (χ1) is 16.3. The van der Waals surface area contributed by atoms with Crippen molar-refractivity contribution in [1.82, 2.24) is 4.90 Å². The van der Waals surface area contributed by atoms with Gasteiger partial charge in [-0.3, -0.25) is 9.52 Å². The van der Waals surface area contributed by atoms with Crippen molar-refractivity contribution < 1.29 is 13.2 Å². The number of sulfonamides is 1. The number of nitriles is 1. The predicted octanol–water partition coefficient (Wildman–Crippen LogP) is 5.34. The summed E-state index contributed by atoms with van der Waals surface area (Å²) in [6, 6.07) is 20.7. The lowest BCUT2D eigenvalue weighted by Crippen LogP contribution is -2.38. The minimum atomic E-state index is -3.82. The van der Waals surface area contributed by atoms with Crippen molar-refractivity contribution in [1.29, 1.82) is 5.26 Å². The summed E-state index contributed by atoms with van der Waals surface area (Å²) in [6.45, 7) is 3.02. The van der Waals surface area contributed by atoms with E-state index in [0.29, 0.717) is 46.4 Å². The number of benzene rings is 3. The van der Waals surface area contributed by atoms with Crippen LogP contribution < -0.4 is 4.72 Å². The molecule has 1 fully saturated rings. The molecule has 0 atom stereocenters. The number of piperidine rings is 1. The molecule has 3 aromatic rings. The minimum Gasteiger partial charge on any atom is -0.339 e. The second kappa shape index (κ2) is 9.88. The molecule has 1 saturated heterocycles. The Morgan fingerprint density at radius 2 is 1.68 bits per heavy atom. The second-order valence-corrected chi connectivity index (χ2v) is 10.5. The molecular weight excluding hydrogens is 470 g/mol. The third kappa shape index (κ3) is 5.24. The molecule has 1 N–H and O–H groups in total. The zero-order valence-electron chi connectivity index (χ0n) is 18.7. The third-order valence-corrected chi connectivity index (χ3v) is 7.78. The second-order valence-electron chi connectivity index (χ2n) is 8.39. The normalized spacial score (nSPS) is 14.4. The monoisotopic (exact) mass is 493 g/mol. The topological polar surface area (TPSA) is 90.3 Å². The van der Waals surface area contributed by atoms with Crippen LogP contribution in [0.15, 0.2) is 71.6 Å². The first-order valence-corrected chi connectivity index (χ1v) is 12.8. The fourth-order valence-electron chi connectivity index (χ4n) is 4.11. The standard InChI is InChI=1S/C26H24ClN3O3S/c1-18-2-5-22(16-25(18)29-34(32,33)24-10-8-23(27)9-11-24)26(31)30-14-12-21(13-15-30)20-6-3-19(17-28)4-7-20/h2-11,16,21,29H,12-15H2,1H3. The van der Waals surface area contributed by atoms with Crippen molar-refractivity contribution in [2.24, 2.45) is 0 Å². The van der Waals surface area contributed by atoms with Gasteiger partial charge in [0.1, 0.15) is 0 Å². The van der Waals surface area contributed by atoms with Gasteiger partial charge in [0.05, 0.1) is 22.2 Å². The molecule has 3 aromatic carbocycles. The number of nitrogens with zero attached hydrogens (tertiary/aromatic N) is 2. The fraction of sp³-hybridized carbons (Fsp3) is 0.231. The molecule has 4 rings (SSSR count). The lowest BCUT2D eigenvalue weighted by molar-refractivity contribution is 0.0713. The number of rotatable bonds is 5. The van der Waals surface area contributed by atoms with E-state index in [1.807, 2.05) is 29.2 Å². The maximum absolute atomic E-state index is 13.2. The summed E-state index contributed by atoms with van der Waals surface area (Å²) >= 11 is 5.86. The van der Waals surface area contributed by atoms with Crippen molar-refractivity contribution in [3.63, 3.8) is 0 Å². The van der Waals surface area contributed by atoms with Crippen LogP contribution in [0.2, 0.25) is 5.02 Å². The van der Waals surface area contributed by atoms with Crippen LogP contribution in [0, 0.1) is 18.3 Å². The van der Waals surface area contributed by atoms with E-state index in [9.17, 15) is 13.2 Å². The summed E-state index contributed by atoms with van der Waals surface area (Å²) in [5.74, 6) is 0.224. The van der Waals surface area contributed by atoms with Crippen LogP contribution in [-0.4, -0.2) is 32.3 Å². The first-order valence-electron chi connectivity index (χ1n) is 11.0. The van der Waals surface area contributed by atoms with Crippen LogP contribution in [0.4, 0.5) is 5.69 Å². The van der Waals surface area contributed by atoms with E-state index in [2.05, 4.69) is 10.8 Å². The number of aryl methyl sites for hydroxylation is 1. The average molecular weight is 494 g/mol. The van der Waals surface area contributed by atoms with Crippen molar-refractivity contribution >= 4 is 33.2 Å². The van der Waals surface area contributed by atoms with Crippen LogP contribution in [0.3, 0.4) is 0 Å². The molecule has 0 saturated carbocycles. The lowest BCUT2D eigenvalue weighted by atomic mass is 9.89. The van der Waals surface area contributed by atoms with Crippen LogP contribution >= 0.6 is 11.6 Å². The van der Waals surface area contributed by atoms with Crippen LogP contribution in [0.25, 0.3) is 0 Å². The van der Waals surface area contributed by atoms with Gasteiger partial charge >= 0.3 is 0 Å². The molecule has 0 aromatic heterocycles. The number of carbonyl (C=O) groups excluding carboxylic acids is 1.